The van der Waals surface area contributed by atoms with E-state index in [1.807, 2.05) is 0 Å². The standard InChI is InChI=1S/C21H19ClF3N3O4S/c22-12-3-1-11(2-4-12)9-28-17-5-14(19(29)27-13-7-21(24,25)8-13)15(23)6-18(17)33(31,32)10-16(26)20(28)30/h1-6,13,16H,7-10,26H2,(H,27,29)/t16-/m0/s1. The summed E-state index contributed by atoms with van der Waals surface area (Å²) in [5, 5.41) is 2.76. The largest absolute Gasteiger partial charge is 0.349 e. The van der Waals surface area contributed by atoms with E-state index >= 15 is 0 Å². The van der Waals surface area contributed by atoms with Gasteiger partial charge >= 0.3 is 0 Å². The minimum atomic E-state index is -4.17. The van der Waals surface area contributed by atoms with Crippen LogP contribution in [-0.4, -0.2) is 44.0 Å². The first-order valence-electron chi connectivity index (χ1n) is 9.93. The van der Waals surface area contributed by atoms with Crippen molar-refractivity contribution in [2.45, 2.75) is 42.3 Å². The Morgan fingerprint density at radius 2 is 1.85 bits per heavy atom. The van der Waals surface area contributed by atoms with E-state index in [0.29, 0.717) is 16.7 Å². The molecule has 0 bridgehead atoms. The van der Waals surface area contributed by atoms with Gasteiger partial charge in [0.1, 0.15) is 5.82 Å². The Morgan fingerprint density at radius 1 is 1.21 bits per heavy atom. The second-order valence-corrected chi connectivity index (χ2v) is 10.6. The molecule has 1 heterocycles. The first-order chi connectivity index (χ1) is 15.4. The number of anilines is 1. The number of nitrogens with zero attached hydrogens (tertiary/aromatic N) is 1. The molecule has 2 aliphatic rings. The van der Waals surface area contributed by atoms with Crippen LogP contribution in [0.15, 0.2) is 41.3 Å². The second kappa shape index (κ2) is 8.30. The van der Waals surface area contributed by atoms with Gasteiger partial charge in [-0.3, -0.25) is 9.59 Å². The zero-order valence-corrected chi connectivity index (χ0v) is 18.6. The van der Waals surface area contributed by atoms with Crippen LogP contribution in [0.1, 0.15) is 28.8 Å². The van der Waals surface area contributed by atoms with E-state index in [1.165, 1.54) is 0 Å². The Kier molecular flexibility index (Phi) is 5.92. The van der Waals surface area contributed by atoms with Gasteiger partial charge in [-0.15, -0.1) is 0 Å². The Bertz CT molecular complexity index is 1230. The first-order valence-corrected chi connectivity index (χ1v) is 12.0. The number of hydrogen-bond acceptors (Lipinski definition) is 5. The monoisotopic (exact) mass is 501 g/mol. The van der Waals surface area contributed by atoms with E-state index in [9.17, 15) is 31.2 Å². The molecule has 0 unspecified atom stereocenters. The summed E-state index contributed by atoms with van der Waals surface area (Å²) in [6.45, 7) is -0.117. The van der Waals surface area contributed by atoms with Gasteiger partial charge < -0.3 is 16.0 Å². The Labute approximate surface area is 192 Å². The highest BCUT2D eigenvalue weighted by Gasteiger charge is 2.46. The molecule has 12 heteroatoms. The molecule has 1 fully saturated rings. The number of sulfone groups is 1. The molecule has 2 aromatic rings. The lowest BCUT2D eigenvalue weighted by Crippen LogP contribution is -2.50. The highest BCUT2D eigenvalue weighted by atomic mass is 35.5. The van der Waals surface area contributed by atoms with Gasteiger partial charge in [0, 0.05) is 23.9 Å². The van der Waals surface area contributed by atoms with Crippen molar-refractivity contribution in [2.75, 3.05) is 10.7 Å². The van der Waals surface area contributed by atoms with Gasteiger partial charge in [0.05, 0.1) is 34.5 Å². The molecule has 2 aromatic carbocycles. The molecule has 1 saturated carbocycles. The summed E-state index contributed by atoms with van der Waals surface area (Å²) in [6.07, 6.45) is -1.15. The predicted octanol–water partition coefficient (Wildman–Crippen LogP) is 2.65. The summed E-state index contributed by atoms with van der Waals surface area (Å²) in [5.74, 6) is -6.51. The minimum absolute atomic E-state index is 0.117. The van der Waals surface area contributed by atoms with Crippen LogP contribution in [0.25, 0.3) is 0 Å². The van der Waals surface area contributed by atoms with E-state index < -0.39 is 74.5 Å². The fraction of sp³-hybridized carbons (Fsp3) is 0.333. The number of nitrogens with one attached hydrogen (secondary N) is 1. The Hall–Kier alpha value is -2.63. The number of rotatable bonds is 4. The number of hydrogen-bond donors (Lipinski definition) is 2. The molecule has 0 saturated heterocycles. The van der Waals surface area contributed by atoms with Crippen LogP contribution in [0, 0.1) is 5.82 Å². The van der Waals surface area contributed by atoms with Crippen molar-refractivity contribution in [3.63, 3.8) is 0 Å². The Morgan fingerprint density at radius 3 is 2.45 bits per heavy atom. The molecule has 7 nitrogen and oxygen atoms in total. The molecule has 1 aliphatic heterocycles. The maximum absolute atomic E-state index is 14.8. The number of nitrogens with two attached hydrogens (primary N) is 1. The van der Waals surface area contributed by atoms with Crippen LogP contribution < -0.4 is 16.0 Å². The lowest BCUT2D eigenvalue weighted by atomic mass is 9.88. The van der Waals surface area contributed by atoms with Gasteiger partial charge in [-0.25, -0.2) is 21.6 Å². The number of halogens is 4. The second-order valence-electron chi connectivity index (χ2n) is 8.17. The summed E-state index contributed by atoms with van der Waals surface area (Å²) < 4.78 is 66.6. The van der Waals surface area contributed by atoms with Gasteiger partial charge in [0.15, 0.2) is 9.84 Å². The van der Waals surface area contributed by atoms with Gasteiger partial charge in [0.25, 0.3) is 11.8 Å². The summed E-state index contributed by atoms with van der Waals surface area (Å²) in [4.78, 5) is 26.1. The smallest absolute Gasteiger partial charge is 0.254 e. The lowest BCUT2D eigenvalue weighted by molar-refractivity contribution is -0.119. The van der Waals surface area contributed by atoms with Crippen molar-refractivity contribution in [2.24, 2.45) is 5.73 Å². The lowest BCUT2D eigenvalue weighted by Gasteiger charge is -2.35. The highest BCUT2D eigenvalue weighted by molar-refractivity contribution is 7.91. The fourth-order valence-corrected chi connectivity index (χ4v) is 5.55. The SMILES string of the molecule is N[C@H]1CS(=O)(=O)c2cc(F)c(C(=O)NC3CC(F)(F)C3)cc2N(Cc2ccc(Cl)cc2)C1=O. The molecule has 2 amide bonds. The molecule has 1 aliphatic carbocycles. The van der Waals surface area contributed by atoms with Crippen molar-refractivity contribution in [3.05, 3.63) is 58.4 Å². The van der Waals surface area contributed by atoms with E-state index in [1.54, 1.807) is 24.3 Å². The summed E-state index contributed by atoms with van der Waals surface area (Å²) in [7, 11) is -4.17. The maximum Gasteiger partial charge on any atom is 0.254 e. The average molecular weight is 502 g/mol. The van der Waals surface area contributed by atoms with E-state index in [2.05, 4.69) is 5.32 Å². The zero-order valence-electron chi connectivity index (χ0n) is 17.0. The van der Waals surface area contributed by atoms with E-state index in [4.69, 9.17) is 17.3 Å². The topological polar surface area (TPSA) is 110 Å². The van der Waals surface area contributed by atoms with Crippen LogP contribution in [0.2, 0.25) is 5.02 Å². The van der Waals surface area contributed by atoms with Crippen LogP contribution in [0.3, 0.4) is 0 Å². The highest BCUT2D eigenvalue weighted by Crippen LogP contribution is 2.38. The first kappa shape index (κ1) is 23.5. The van der Waals surface area contributed by atoms with Crippen LogP contribution in [0.4, 0.5) is 18.9 Å². The van der Waals surface area contributed by atoms with Crippen LogP contribution in [-0.2, 0) is 21.2 Å². The van der Waals surface area contributed by atoms with Crippen molar-refractivity contribution < 1.29 is 31.2 Å². The van der Waals surface area contributed by atoms with Crippen molar-refractivity contribution in [1.29, 1.82) is 0 Å². The molecule has 0 spiro atoms. The molecular formula is C21H19ClF3N3O4S. The number of alkyl halides is 2. The maximum atomic E-state index is 14.8. The quantitative estimate of drug-likeness (QED) is 0.669. The summed E-state index contributed by atoms with van der Waals surface area (Å²) in [6, 6.07) is 5.75. The number of benzene rings is 2. The molecule has 3 N–H and O–H groups in total. The van der Waals surface area contributed by atoms with E-state index in [-0.39, 0.29) is 12.2 Å². The number of carbonyl (C=O) groups is 2. The van der Waals surface area contributed by atoms with Gasteiger partial charge in [-0.1, -0.05) is 23.7 Å². The molecular weight excluding hydrogens is 483 g/mol. The third-order valence-electron chi connectivity index (χ3n) is 5.58. The summed E-state index contributed by atoms with van der Waals surface area (Å²) in [5.41, 5.74) is 5.62. The van der Waals surface area contributed by atoms with E-state index in [0.717, 1.165) is 11.0 Å². The van der Waals surface area contributed by atoms with Gasteiger partial charge in [-0.05, 0) is 29.8 Å². The third kappa shape index (κ3) is 4.71. The molecule has 176 valence electrons. The van der Waals surface area contributed by atoms with Gasteiger partial charge in [-0.2, -0.15) is 0 Å². The fourth-order valence-electron chi connectivity index (χ4n) is 3.86. The third-order valence-corrected chi connectivity index (χ3v) is 7.63. The molecule has 0 radical (unpaired) electrons. The zero-order chi connectivity index (χ0) is 24.1. The van der Waals surface area contributed by atoms with Crippen molar-refractivity contribution >= 4 is 38.9 Å². The minimum Gasteiger partial charge on any atom is -0.349 e. The molecule has 4 rings (SSSR count). The van der Waals surface area contributed by atoms with Crippen LogP contribution in [0.5, 0.6) is 0 Å². The van der Waals surface area contributed by atoms with Crippen molar-refractivity contribution in [3.8, 4) is 0 Å². The molecule has 1 atom stereocenters. The Balaban J connectivity index is 1.76. The molecule has 0 aromatic heterocycles. The summed E-state index contributed by atoms with van der Waals surface area (Å²) >= 11 is 5.89. The normalized spacial score (nSPS) is 21.7. The average Bonchev–Trinajstić information content (AvgIpc) is 2.76. The predicted molar refractivity (Wildman–Crippen MR) is 115 cm³/mol. The van der Waals surface area contributed by atoms with Crippen LogP contribution >= 0.6 is 11.6 Å². The van der Waals surface area contributed by atoms with Crippen molar-refractivity contribution in [1.82, 2.24) is 5.32 Å². The molecule has 33 heavy (non-hydrogen) atoms. The number of fused-ring (bicyclic) bond motifs is 1. The number of carbonyl (C=O) groups excluding carboxylic acids is 2. The van der Waals surface area contributed by atoms with Gasteiger partial charge in [0.2, 0.25) is 5.91 Å². The number of amides is 2.